The van der Waals surface area contributed by atoms with Crippen LogP contribution in [0.5, 0.6) is 0 Å². The second-order valence-electron chi connectivity index (χ2n) is 6.14. The molecule has 0 saturated heterocycles. The molecule has 0 bridgehead atoms. The molecule has 1 aliphatic carbocycles. The molecule has 0 spiro atoms. The summed E-state index contributed by atoms with van der Waals surface area (Å²) >= 11 is 0. The first-order valence-electron chi connectivity index (χ1n) is 7.81. The minimum Gasteiger partial charge on any atom is -0.338 e. The number of aryl methyl sites for hydroxylation is 2. The van der Waals surface area contributed by atoms with E-state index in [2.05, 4.69) is 47.5 Å². The van der Waals surface area contributed by atoms with Crippen molar-refractivity contribution in [1.82, 2.24) is 15.5 Å². The molecule has 1 fully saturated rings. The molecule has 1 aliphatic rings. The minimum atomic E-state index is 0.625. The van der Waals surface area contributed by atoms with E-state index in [-0.39, 0.29) is 0 Å². The van der Waals surface area contributed by atoms with Crippen LogP contribution in [0.4, 0.5) is 0 Å². The summed E-state index contributed by atoms with van der Waals surface area (Å²) in [7, 11) is 0. The van der Waals surface area contributed by atoms with Crippen LogP contribution < -0.4 is 5.32 Å². The summed E-state index contributed by atoms with van der Waals surface area (Å²) < 4.78 is 5.33. The number of rotatable bonds is 5. The van der Waals surface area contributed by atoms with Gasteiger partial charge in [0.15, 0.2) is 5.82 Å². The van der Waals surface area contributed by atoms with E-state index in [1.807, 2.05) is 0 Å². The van der Waals surface area contributed by atoms with Crippen molar-refractivity contribution in [3.05, 3.63) is 46.6 Å². The fraction of sp³-hybridized carbons (Fsp3) is 0.529. The van der Waals surface area contributed by atoms with Crippen LogP contribution in [0.2, 0.25) is 0 Å². The Bertz CT molecular complexity index is 580. The summed E-state index contributed by atoms with van der Waals surface area (Å²) in [5, 5.41) is 7.59. The molecule has 1 N–H and O–H groups in total. The fourth-order valence-electron chi connectivity index (χ4n) is 3.15. The van der Waals surface area contributed by atoms with Crippen LogP contribution in [0.3, 0.4) is 0 Å². The van der Waals surface area contributed by atoms with Gasteiger partial charge in [0.05, 0.1) is 6.54 Å². The Morgan fingerprint density at radius 2 is 1.86 bits per heavy atom. The van der Waals surface area contributed by atoms with E-state index >= 15 is 0 Å². The Kier molecular flexibility index (Phi) is 4.34. The van der Waals surface area contributed by atoms with E-state index in [0.717, 1.165) is 12.2 Å². The van der Waals surface area contributed by atoms with E-state index in [1.165, 1.54) is 42.4 Å². The van der Waals surface area contributed by atoms with Crippen molar-refractivity contribution < 1.29 is 4.52 Å². The van der Waals surface area contributed by atoms with Gasteiger partial charge in [-0.15, -0.1) is 0 Å². The first-order chi connectivity index (χ1) is 10.2. The van der Waals surface area contributed by atoms with Crippen LogP contribution >= 0.6 is 0 Å². The van der Waals surface area contributed by atoms with Crippen molar-refractivity contribution in [2.75, 3.05) is 0 Å². The monoisotopic (exact) mass is 285 g/mol. The zero-order valence-corrected chi connectivity index (χ0v) is 12.9. The van der Waals surface area contributed by atoms with Crippen molar-refractivity contribution in [2.24, 2.45) is 0 Å². The predicted octanol–water partition coefficient (Wildman–Crippen LogP) is 3.31. The highest BCUT2D eigenvalue weighted by Crippen LogP contribution is 2.18. The predicted molar refractivity (Wildman–Crippen MR) is 82.1 cm³/mol. The van der Waals surface area contributed by atoms with Gasteiger partial charge in [-0.25, -0.2) is 0 Å². The van der Waals surface area contributed by atoms with E-state index in [9.17, 15) is 0 Å². The first kappa shape index (κ1) is 14.3. The summed E-state index contributed by atoms with van der Waals surface area (Å²) in [6, 6.07) is 7.16. The fourth-order valence-corrected chi connectivity index (χ4v) is 3.15. The zero-order chi connectivity index (χ0) is 14.7. The first-order valence-corrected chi connectivity index (χ1v) is 7.81. The molecule has 1 aromatic heterocycles. The molecule has 1 heterocycles. The molecule has 0 aliphatic heterocycles. The van der Waals surface area contributed by atoms with Crippen LogP contribution in [0.15, 0.2) is 22.7 Å². The van der Waals surface area contributed by atoms with Crippen molar-refractivity contribution >= 4 is 0 Å². The molecule has 4 nitrogen and oxygen atoms in total. The number of benzene rings is 1. The standard InChI is InChI=1S/C17H23N3O/c1-12-7-13(2)9-14(8-12)10-16-19-17(21-20-16)11-18-15-5-3-4-6-15/h7-9,15,18H,3-6,10-11H2,1-2H3. The highest BCUT2D eigenvalue weighted by atomic mass is 16.5. The lowest BCUT2D eigenvalue weighted by atomic mass is 10.1. The van der Waals surface area contributed by atoms with Gasteiger partial charge in [-0.2, -0.15) is 4.98 Å². The molecule has 3 rings (SSSR count). The Morgan fingerprint density at radius 1 is 1.14 bits per heavy atom. The third-order valence-electron chi connectivity index (χ3n) is 4.05. The Morgan fingerprint density at radius 3 is 2.57 bits per heavy atom. The molecule has 0 unspecified atom stereocenters. The normalized spacial score (nSPS) is 15.7. The van der Waals surface area contributed by atoms with E-state index in [4.69, 9.17) is 4.52 Å². The van der Waals surface area contributed by atoms with Gasteiger partial charge >= 0.3 is 0 Å². The molecule has 112 valence electrons. The van der Waals surface area contributed by atoms with Gasteiger partial charge in [0.1, 0.15) is 0 Å². The van der Waals surface area contributed by atoms with Crippen LogP contribution in [0.1, 0.15) is 54.1 Å². The molecule has 0 amide bonds. The highest BCUT2D eigenvalue weighted by Gasteiger charge is 2.15. The number of nitrogens with zero attached hydrogens (tertiary/aromatic N) is 2. The number of nitrogens with one attached hydrogen (secondary N) is 1. The number of hydrogen-bond donors (Lipinski definition) is 1. The largest absolute Gasteiger partial charge is 0.338 e. The average Bonchev–Trinajstić information content (AvgIpc) is 3.06. The SMILES string of the molecule is Cc1cc(C)cc(Cc2noc(CNC3CCCC3)n2)c1. The molecule has 1 saturated carbocycles. The Hall–Kier alpha value is -1.68. The van der Waals surface area contributed by atoms with Crippen molar-refractivity contribution in [2.45, 2.75) is 58.5 Å². The van der Waals surface area contributed by atoms with Gasteiger partial charge in [-0.1, -0.05) is 47.3 Å². The lowest BCUT2D eigenvalue weighted by Crippen LogP contribution is -2.25. The second-order valence-corrected chi connectivity index (χ2v) is 6.14. The lowest BCUT2D eigenvalue weighted by molar-refractivity contribution is 0.353. The molecular formula is C17H23N3O. The van der Waals surface area contributed by atoms with Gasteiger partial charge in [0, 0.05) is 12.5 Å². The third kappa shape index (κ3) is 3.91. The molecule has 2 aromatic rings. The Balaban J connectivity index is 1.59. The summed E-state index contributed by atoms with van der Waals surface area (Å²) in [5.74, 6) is 1.46. The van der Waals surface area contributed by atoms with Crippen LogP contribution in [0, 0.1) is 13.8 Å². The summed E-state index contributed by atoms with van der Waals surface area (Å²) in [5.41, 5.74) is 3.79. The van der Waals surface area contributed by atoms with E-state index in [1.54, 1.807) is 0 Å². The average molecular weight is 285 g/mol. The van der Waals surface area contributed by atoms with Crippen molar-refractivity contribution in [3.63, 3.8) is 0 Å². The zero-order valence-electron chi connectivity index (χ0n) is 12.9. The van der Waals surface area contributed by atoms with Gasteiger partial charge in [0.2, 0.25) is 5.89 Å². The lowest BCUT2D eigenvalue weighted by Gasteiger charge is -2.08. The molecular weight excluding hydrogens is 262 g/mol. The molecule has 21 heavy (non-hydrogen) atoms. The molecule has 1 aromatic carbocycles. The highest BCUT2D eigenvalue weighted by molar-refractivity contribution is 5.30. The Labute approximate surface area is 126 Å². The van der Waals surface area contributed by atoms with Crippen LogP contribution in [-0.4, -0.2) is 16.2 Å². The molecule has 4 heteroatoms. The smallest absolute Gasteiger partial charge is 0.240 e. The summed E-state index contributed by atoms with van der Waals surface area (Å²) in [6.07, 6.45) is 5.93. The van der Waals surface area contributed by atoms with Crippen LogP contribution in [-0.2, 0) is 13.0 Å². The van der Waals surface area contributed by atoms with E-state index in [0.29, 0.717) is 18.5 Å². The number of aromatic nitrogens is 2. The summed E-state index contributed by atoms with van der Waals surface area (Å²) in [4.78, 5) is 4.49. The van der Waals surface area contributed by atoms with E-state index < -0.39 is 0 Å². The summed E-state index contributed by atoms with van der Waals surface area (Å²) in [6.45, 7) is 4.91. The minimum absolute atomic E-state index is 0.625. The molecule has 0 radical (unpaired) electrons. The van der Waals surface area contributed by atoms with Gasteiger partial charge in [0.25, 0.3) is 0 Å². The number of hydrogen-bond acceptors (Lipinski definition) is 4. The maximum absolute atomic E-state index is 5.33. The van der Waals surface area contributed by atoms with Gasteiger partial charge < -0.3 is 9.84 Å². The topological polar surface area (TPSA) is 51.0 Å². The van der Waals surface area contributed by atoms with Crippen molar-refractivity contribution in [3.8, 4) is 0 Å². The van der Waals surface area contributed by atoms with Crippen molar-refractivity contribution in [1.29, 1.82) is 0 Å². The quantitative estimate of drug-likeness (QED) is 0.915. The maximum atomic E-state index is 5.33. The second kappa shape index (κ2) is 6.39. The maximum Gasteiger partial charge on any atom is 0.240 e. The van der Waals surface area contributed by atoms with Gasteiger partial charge in [-0.05, 0) is 32.3 Å². The molecule has 0 atom stereocenters. The van der Waals surface area contributed by atoms with Crippen LogP contribution in [0.25, 0.3) is 0 Å². The van der Waals surface area contributed by atoms with Gasteiger partial charge in [-0.3, -0.25) is 0 Å². The third-order valence-corrected chi connectivity index (χ3v) is 4.05.